The quantitative estimate of drug-likeness (QED) is 0.593. The number of hydrogen-bond acceptors (Lipinski definition) is 7. The summed E-state index contributed by atoms with van der Waals surface area (Å²) in [6.45, 7) is 1.41. The summed E-state index contributed by atoms with van der Waals surface area (Å²) in [4.78, 5) is 28.6. The molecule has 0 spiro atoms. The number of nitrogens with zero attached hydrogens (tertiary/aromatic N) is 5. The normalized spacial score (nSPS) is 10.7. The number of nitro benzene ring substituents is 1. The van der Waals surface area contributed by atoms with Crippen LogP contribution in [0.2, 0.25) is 0 Å². The number of aromatic nitrogens is 3. The van der Waals surface area contributed by atoms with Crippen LogP contribution < -0.4 is 10.1 Å². The van der Waals surface area contributed by atoms with Crippen LogP contribution in [-0.2, 0) is 6.54 Å². The van der Waals surface area contributed by atoms with Crippen molar-refractivity contribution >= 4 is 17.5 Å². The number of nitrogens with one attached hydrogen (secondary N) is 1. The van der Waals surface area contributed by atoms with Gasteiger partial charge in [0.1, 0.15) is 6.33 Å². The molecule has 0 aliphatic rings. The lowest BCUT2D eigenvalue weighted by Gasteiger charge is -2.08. The number of amides is 1. The van der Waals surface area contributed by atoms with E-state index in [0.29, 0.717) is 6.54 Å². The van der Waals surface area contributed by atoms with E-state index in [2.05, 4.69) is 15.4 Å². The molecule has 0 saturated heterocycles. The van der Waals surface area contributed by atoms with Crippen molar-refractivity contribution in [2.45, 2.75) is 6.54 Å². The van der Waals surface area contributed by atoms with Gasteiger partial charge in [0.25, 0.3) is 5.91 Å². The van der Waals surface area contributed by atoms with E-state index >= 15 is 0 Å². The van der Waals surface area contributed by atoms with Crippen LogP contribution in [0.4, 0.5) is 11.6 Å². The zero-order valence-corrected chi connectivity index (χ0v) is 13.6. The van der Waals surface area contributed by atoms with Crippen molar-refractivity contribution in [2.24, 2.45) is 0 Å². The van der Waals surface area contributed by atoms with Gasteiger partial charge in [0.2, 0.25) is 5.95 Å². The molecule has 2 aromatic rings. The molecule has 2 rings (SSSR count). The average Bonchev–Trinajstić information content (AvgIpc) is 2.99. The van der Waals surface area contributed by atoms with E-state index in [1.54, 1.807) is 4.68 Å². The largest absolute Gasteiger partial charge is 0.490 e. The molecule has 1 N–H and O–H groups in total. The van der Waals surface area contributed by atoms with E-state index < -0.39 is 10.8 Å². The number of rotatable bonds is 7. The molecule has 0 aliphatic carbocycles. The van der Waals surface area contributed by atoms with Crippen LogP contribution in [0.15, 0.2) is 24.5 Å². The molecule has 10 heteroatoms. The number of benzene rings is 1. The second-order valence-corrected chi connectivity index (χ2v) is 5.23. The molecule has 10 nitrogen and oxygen atoms in total. The van der Waals surface area contributed by atoms with Crippen LogP contribution in [0.5, 0.6) is 5.75 Å². The standard InChI is InChI=1S/C14H18N6O4/c1-18(2)6-7-19-9-15-14(17-19)16-13(21)10-4-5-12(24-3)11(8-10)20(22)23/h4-5,8-9H,6-7H2,1-3H3,(H,16,17,21). The van der Waals surface area contributed by atoms with E-state index in [-0.39, 0.29) is 22.9 Å². The Balaban J connectivity index is 2.10. The minimum Gasteiger partial charge on any atom is -0.490 e. The van der Waals surface area contributed by atoms with Gasteiger partial charge in [-0.1, -0.05) is 0 Å². The van der Waals surface area contributed by atoms with Crippen molar-refractivity contribution in [3.05, 3.63) is 40.2 Å². The van der Waals surface area contributed by atoms with Gasteiger partial charge in [-0.3, -0.25) is 20.2 Å². The highest BCUT2D eigenvalue weighted by atomic mass is 16.6. The Morgan fingerprint density at radius 1 is 1.46 bits per heavy atom. The zero-order chi connectivity index (χ0) is 17.7. The van der Waals surface area contributed by atoms with E-state index in [1.807, 2.05) is 19.0 Å². The van der Waals surface area contributed by atoms with Gasteiger partial charge < -0.3 is 9.64 Å². The van der Waals surface area contributed by atoms with Crippen LogP contribution in [0, 0.1) is 10.1 Å². The maximum Gasteiger partial charge on any atom is 0.311 e. The van der Waals surface area contributed by atoms with Gasteiger partial charge in [-0.05, 0) is 26.2 Å². The highest BCUT2D eigenvalue weighted by molar-refractivity contribution is 6.03. The molecule has 0 fully saturated rings. The Kier molecular flexibility index (Phi) is 5.42. The molecule has 0 aliphatic heterocycles. The number of nitro groups is 1. The Morgan fingerprint density at radius 2 is 2.21 bits per heavy atom. The maximum atomic E-state index is 12.2. The van der Waals surface area contributed by atoms with Crippen molar-refractivity contribution in [1.29, 1.82) is 0 Å². The predicted octanol–water partition coefficient (Wildman–Crippen LogP) is 1.01. The fraction of sp³-hybridized carbons (Fsp3) is 0.357. The van der Waals surface area contributed by atoms with Crippen LogP contribution in [0.25, 0.3) is 0 Å². The van der Waals surface area contributed by atoms with E-state index in [1.165, 1.54) is 25.6 Å². The number of anilines is 1. The lowest BCUT2D eigenvalue weighted by atomic mass is 10.2. The van der Waals surface area contributed by atoms with Crippen molar-refractivity contribution in [2.75, 3.05) is 33.1 Å². The lowest BCUT2D eigenvalue weighted by Crippen LogP contribution is -2.19. The molecular formula is C14H18N6O4. The molecule has 0 atom stereocenters. The Hall–Kier alpha value is -3.01. The fourth-order valence-corrected chi connectivity index (χ4v) is 1.91. The van der Waals surface area contributed by atoms with E-state index in [9.17, 15) is 14.9 Å². The molecule has 0 saturated carbocycles. The van der Waals surface area contributed by atoms with Crippen molar-refractivity contribution in [3.63, 3.8) is 0 Å². The number of hydrogen-bond donors (Lipinski definition) is 1. The van der Waals surface area contributed by atoms with Crippen LogP contribution in [0.1, 0.15) is 10.4 Å². The third-order valence-electron chi connectivity index (χ3n) is 3.18. The summed E-state index contributed by atoms with van der Waals surface area (Å²) >= 11 is 0. The zero-order valence-electron chi connectivity index (χ0n) is 13.6. The summed E-state index contributed by atoms with van der Waals surface area (Å²) in [5.41, 5.74) is -0.165. The Labute approximate surface area is 138 Å². The topological polar surface area (TPSA) is 115 Å². The first kappa shape index (κ1) is 17.3. The van der Waals surface area contributed by atoms with Crippen molar-refractivity contribution < 1.29 is 14.5 Å². The SMILES string of the molecule is COc1ccc(C(=O)Nc2ncn(CCN(C)C)n2)cc1[N+](=O)[O-]. The molecule has 0 radical (unpaired) electrons. The first-order chi connectivity index (χ1) is 11.4. The Morgan fingerprint density at radius 3 is 2.83 bits per heavy atom. The molecular weight excluding hydrogens is 316 g/mol. The lowest BCUT2D eigenvalue weighted by molar-refractivity contribution is -0.385. The summed E-state index contributed by atoms with van der Waals surface area (Å²) in [6.07, 6.45) is 1.51. The second-order valence-electron chi connectivity index (χ2n) is 5.23. The number of ether oxygens (including phenoxy) is 1. The summed E-state index contributed by atoms with van der Waals surface area (Å²) in [5.74, 6) is -0.314. The third-order valence-corrected chi connectivity index (χ3v) is 3.18. The van der Waals surface area contributed by atoms with Crippen LogP contribution >= 0.6 is 0 Å². The van der Waals surface area contributed by atoms with Gasteiger partial charge in [0.15, 0.2) is 5.75 Å². The maximum absolute atomic E-state index is 12.2. The molecule has 1 heterocycles. The van der Waals surface area contributed by atoms with Crippen molar-refractivity contribution in [1.82, 2.24) is 19.7 Å². The van der Waals surface area contributed by atoms with Crippen LogP contribution in [0.3, 0.4) is 0 Å². The highest BCUT2D eigenvalue weighted by Crippen LogP contribution is 2.27. The summed E-state index contributed by atoms with van der Waals surface area (Å²) in [7, 11) is 5.21. The Bertz CT molecular complexity index is 743. The third kappa shape index (κ3) is 4.26. The fourth-order valence-electron chi connectivity index (χ4n) is 1.91. The molecule has 1 aromatic heterocycles. The van der Waals surface area contributed by atoms with Gasteiger partial charge in [0.05, 0.1) is 18.6 Å². The second kappa shape index (κ2) is 7.51. The van der Waals surface area contributed by atoms with E-state index in [4.69, 9.17) is 4.74 Å². The minimum atomic E-state index is -0.607. The molecule has 128 valence electrons. The van der Waals surface area contributed by atoms with E-state index in [0.717, 1.165) is 12.6 Å². The molecule has 0 bridgehead atoms. The summed E-state index contributed by atoms with van der Waals surface area (Å²) < 4.78 is 6.51. The first-order valence-corrected chi connectivity index (χ1v) is 7.08. The summed E-state index contributed by atoms with van der Waals surface area (Å²) in [5, 5.41) is 17.6. The van der Waals surface area contributed by atoms with Crippen LogP contribution in [-0.4, -0.2) is 58.2 Å². The summed E-state index contributed by atoms with van der Waals surface area (Å²) in [6, 6.07) is 3.96. The minimum absolute atomic E-state index is 0.0858. The van der Waals surface area contributed by atoms with Gasteiger partial charge in [-0.15, -0.1) is 5.10 Å². The predicted molar refractivity (Wildman–Crippen MR) is 86.2 cm³/mol. The molecule has 24 heavy (non-hydrogen) atoms. The number of likely N-dealkylation sites (N-methyl/N-ethyl adjacent to an activating group) is 1. The number of methoxy groups -OCH3 is 1. The van der Waals surface area contributed by atoms with Crippen molar-refractivity contribution in [3.8, 4) is 5.75 Å². The highest BCUT2D eigenvalue weighted by Gasteiger charge is 2.19. The smallest absolute Gasteiger partial charge is 0.311 e. The van der Waals surface area contributed by atoms with Gasteiger partial charge in [-0.2, -0.15) is 0 Å². The average molecular weight is 334 g/mol. The monoisotopic (exact) mass is 334 g/mol. The first-order valence-electron chi connectivity index (χ1n) is 7.08. The van der Waals surface area contributed by atoms with Gasteiger partial charge >= 0.3 is 5.69 Å². The van der Waals surface area contributed by atoms with Gasteiger partial charge in [-0.25, -0.2) is 9.67 Å². The number of carbonyl (C=O) groups is 1. The molecule has 0 unspecified atom stereocenters. The number of carbonyl (C=O) groups excluding carboxylic acids is 1. The van der Waals surface area contributed by atoms with Gasteiger partial charge in [0, 0.05) is 18.2 Å². The molecule has 1 amide bonds. The molecule has 1 aromatic carbocycles.